The molecule has 2 rings (SSSR count). The van der Waals surface area contributed by atoms with E-state index in [2.05, 4.69) is 6.07 Å². The normalized spacial score (nSPS) is 10.2. The van der Waals surface area contributed by atoms with E-state index in [1.165, 1.54) is 7.11 Å². The summed E-state index contributed by atoms with van der Waals surface area (Å²) in [5.74, 6) is -0.234. The van der Waals surface area contributed by atoms with Gasteiger partial charge in [-0.05, 0) is 28.3 Å². The minimum atomic E-state index is -0.234. The minimum Gasteiger partial charge on any atom is -0.469 e. The Labute approximate surface area is 113 Å². The number of hydrogen-bond acceptors (Lipinski definition) is 3. The van der Waals surface area contributed by atoms with Crippen molar-refractivity contribution in [1.29, 1.82) is 0 Å². The second-order valence-corrected chi connectivity index (χ2v) is 4.31. The predicted molar refractivity (Wildman–Crippen MR) is 75.5 cm³/mol. The topological polar surface area (TPSA) is 52.3 Å². The molecule has 0 saturated carbocycles. The van der Waals surface area contributed by atoms with Crippen LogP contribution >= 0.6 is 0 Å². The minimum absolute atomic E-state index is 0.234. The van der Waals surface area contributed by atoms with Crippen molar-refractivity contribution in [3.63, 3.8) is 0 Å². The number of rotatable bonds is 4. The molecule has 0 aromatic heterocycles. The van der Waals surface area contributed by atoms with E-state index in [1.807, 2.05) is 42.5 Å². The molecule has 2 N–H and O–H groups in total. The van der Waals surface area contributed by atoms with E-state index in [4.69, 9.17) is 10.5 Å². The highest BCUT2D eigenvalue weighted by atomic mass is 16.5. The van der Waals surface area contributed by atoms with Gasteiger partial charge in [-0.3, -0.25) is 4.79 Å². The Hall–Kier alpha value is -2.13. The number of ether oxygens (including phenoxy) is 1. The van der Waals surface area contributed by atoms with Gasteiger partial charge in [-0.25, -0.2) is 0 Å². The first-order valence-corrected chi connectivity index (χ1v) is 6.18. The summed E-state index contributed by atoms with van der Waals surface area (Å²) in [5.41, 5.74) is 9.82. The lowest BCUT2D eigenvalue weighted by atomic mass is 9.96. The molecule has 0 spiro atoms. The van der Waals surface area contributed by atoms with E-state index in [0.29, 0.717) is 6.54 Å². The van der Waals surface area contributed by atoms with Crippen molar-refractivity contribution >= 4 is 5.97 Å². The molecule has 0 fully saturated rings. The van der Waals surface area contributed by atoms with Gasteiger partial charge in [0.25, 0.3) is 0 Å². The van der Waals surface area contributed by atoms with Crippen molar-refractivity contribution in [2.24, 2.45) is 5.73 Å². The molecule has 3 heteroatoms. The van der Waals surface area contributed by atoms with E-state index in [0.717, 1.165) is 22.3 Å². The third kappa shape index (κ3) is 3.20. The zero-order valence-corrected chi connectivity index (χ0v) is 10.9. The maximum absolute atomic E-state index is 11.4. The summed E-state index contributed by atoms with van der Waals surface area (Å²) < 4.78 is 4.73. The molecule has 0 aliphatic rings. The quantitative estimate of drug-likeness (QED) is 0.854. The molecule has 0 heterocycles. The molecule has 0 unspecified atom stereocenters. The van der Waals surface area contributed by atoms with Crippen molar-refractivity contribution in [1.82, 2.24) is 0 Å². The summed E-state index contributed by atoms with van der Waals surface area (Å²) >= 11 is 0. The maximum Gasteiger partial charge on any atom is 0.309 e. The second kappa shape index (κ2) is 6.16. The first-order valence-electron chi connectivity index (χ1n) is 6.18. The highest BCUT2D eigenvalue weighted by molar-refractivity contribution is 5.78. The lowest BCUT2D eigenvalue weighted by Gasteiger charge is -2.10. The van der Waals surface area contributed by atoms with Gasteiger partial charge in [-0.2, -0.15) is 0 Å². The maximum atomic E-state index is 11.4. The van der Waals surface area contributed by atoms with Gasteiger partial charge in [-0.1, -0.05) is 42.5 Å². The lowest BCUT2D eigenvalue weighted by Crippen LogP contribution is -2.05. The fourth-order valence-electron chi connectivity index (χ4n) is 2.05. The molecular formula is C16H17NO2. The number of methoxy groups -OCH3 is 1. The second-order valence-electron chi connectivity index (χ2n) is 4.31. The van der Waals surface area contributed by atoms with Crippen LogP contribution in [0.2, 0.25) is 0 Å². The molecule has 0 radical (unpaired) electrons. The van der Waals surface area contributed by atoms with Crippen LogP contribution in [0.15, 0.2) is 48.5 Å². The number of esters is 1. The van der Waals surface area contributed by atoms with Crippen molar-refractivity contribution in [3.8, 4) is 11.1 Å². The van der Waals surface area contributed by atoms with Crippen LogP contribution in [0.4, 0.5) is 0 Å². The molecule has 19 heavy (non-hydrogen) atoms. The Kier molecular flexibility index (Phi) is 4.31. The van der Waals surface area contributed by atoms with E-state index in [-0.39, 0.29) is 12.4 Å². The molecular weight excluding hydrogens is 238 g/mol. The molecule has 0 aliphatic carbocycles. The molecule has 3 nitrogen and oxygen atoms in total. The molecule has 0 bridgehead atoms. The predicted octanol–water partition coefficient (Wildman–Crippen LogP) is 2.53. The van der Waals surface area contributed by atoms with Gasteiger partial charge in [0.1, 0.15) is 0 Å². The Bertz CT molecular complexity index is 578. The Balaban J connectivity index is 2.40. The SMILES string of the molecule is COC(=O)Cc1ccccc1-c1cccc(CN)c1. The summed E-state index contributed by atoms with van der Waals surface area (Å²) in [5, 5.41) is 0. The molecule has 0 amide bonds. The number of nitrogens with two attached hydrogens (primary N) is 1. The lowest BCUT2D eigenvalue weighted by molar-refractivity contribution is -0.139. The zero-order valence-electron chi connectivity index (χ0n) is 10.9. The molecule has 98 valence electrons. The average Bonchev–Trinajstić information content (AvgIpc) is 2.47. The Morgan fingerprint density at radius 3 is 2.68 bits per heavy atom. The third-order valence-corrected chi connectivity index (χ3v) is 3.05. The van der Waals surface area contributed by atoms with Crippen LogP contribution in [-0.2, 0) is 22.5 Å². The van der Waals surface area contributed by atoms with Gasteiger partial charge in [0.2, 0.25) is 0 Å². The number of hydrogen-bond donors (Lipinski definition) is 1. The highest BCUT2D eigenvalue weighted by Gasteiger charge is 2.09. The van der Waals surface area contributed by atoms with Crippen LogP contribution in [0.5, 0.6) is 0 Å². The highest BCUT2D eigenvalue weighted by Crippen LogP contribution is 2.25. The number of carbonyl (C=O) groups is 1. The summed E-state index contributed by atoms with van der Waals surface area (Å²) in [7, 11) is 1.40. The van der Waals surface area contributed by atoms with Crippen molar-refractivity contribution in [2.45, 2.75) is 13.0 Å². The van der Waals surface area contributed by atoms with Gasteiger partial charge in [0, 0.05) is 6.54 Å². The van der Waals surface area contributed by atoms with Crippen LogP contribution in [0.1, 0.15) is 11.1 Å². The van der Waals surface area contributed by atoms with E-state index in [9.17, 15) is 4.79 Å². The molecule has 2 aromatic rings. The summed E-state index contributed by atoms with van der Waals surface area (Å²) in [6.45, 7) is 0.507. The number of benzene rings is 2. The average molecular weight is 255 g/mol. The first kappa shape index (κ1) is 13.3. The summed E-state index contributed by atoms with van der Waals surface area (Å²) in [6.07, 6.45) is 0.277. The summed E-state index contributed by atoms with van der Waals surface area (Å²) in [4.78, 5) is 11.4. The number of carbonyl (C=O) groups excluding carboxylic acids is 1. The van der Waals surface area contributed by atoms with Crippen LogP contribution in [0, 0.1) is 0 Å². The van der Waals surface area contributed by atoms with E-state index >= 15 is 0 Å². The van der Waals surface area contributed by atoms with E-state index in [1.54, 1.807) is 0 Å². The van der Waals surface area contributed by atoms with Gasteiger partial charge in [0.15, 0.2) is 0 Å². The standard InChI is InChI=1S/C16H17NO2/c1-19-16(18)10-14-6-2-3-8-15(14)13-7-4-5-12(9-13)11-17/h2-9H,10-11,17H2,1H3. The van der Waals surface area contributed by atoms with Gasteiger partial charge >= 0.3 is 5.97 Å². The fourth-order valence-corrected chi connectivity index (χ4v) is 2.05. The molecule has 0 aliphatic heterocycles. The van der Waals surface area contributed by atoms with Crippen LogP contribution in [0.3, 0.4) is 0 Å². The zero-order chi connectivity index (χ0) is 13.7. The van der Waals surface area contributed by atoms with Gasteiger partial charge < -0.3 is 10.5 Å². The monoisotopic (exact) mass is 255 g/mol. The first-order chi connectivity index (χ1) is 9.24. The Morgan fingerprint density at radius 1 is 1.16 bits per heavy atom. The van der Waals surface area contributed by atoms with Crippen molar-refractivity contribution in [2.75, 3.05) is 7.11 Å². The Morgan fingerprint density at radius 2 is 1.95 bits per heavy atom. The molecule has 0 atom stereocenters. The van der Waals surface area contributed by atoms with Crippen molar-refractivity contribution in [3.05, 3.63) is 59.7 Å². The van der Waals surface area contributed by atoms with Gasteiger partial charge in [-0.15, -0.1) is 0 Å². The van der Waals surface area contributed by atoms with Gasteiger partial charge in [0.05, 0.1) is 13.5 Å². The van der Waals surface area contributed by atoms with Crippen LogP contribution in [-0.4, -0.2) is 13.1 Å². The molecule has 0 saturated heterocycles. The largest absolute Gasteiger partial charge is 0.469 e. The third-order valence-electron chi connectivity index (χ3n) is 3.05. The summed E-state index contributed by atoms with van der Waals surface area (Å²) in [6, 6.07) is 15.9. The fraction of sp³-hybridized carbons (Fsp3) is 0.188. The van der Waals surface area contributed by atoms with Crippen molar-refractivity contribution < 1.29 is 9.53 Å². The van der Waals surface area contributed by atoms with Crippen LogP contribution in [0.25, 0.3) is 11.1 Å². The molecule has 2 aromatic carbocycles. The van der Waals surface area contributed by atoms with Crippen LogP contribution < -0.4 is 5.73 Å². The van der Waals surface area contributed by atoms with E-state index < -0.39 is 0 Å². The smallest absolute Gasteiger partial charge is 0.309 e.